The molecule has 0 unspecified atom stereocenters. The van der Waals surface area contributed by atoms with Gasteiger partial charge in [-0.05, 0) is 53.4 Å². The minimum absolute atomic E-state index is 0.152. The molecule has 0 radical (unpaired) electrons. The summed E-state index contributed by atoms with van der Waals surface area (Å²) >= 11 is 1.50. The van der Waals surface area contributed by atoms with Crippen molar-refractivity contribution in [2.45, 2.75) is 6.92 Å². The van der Waals surface area contributed by atoms with Crippen LogP contribution >= 0.6 is 11.3 Å². The zero-order valence-electron chi connectivity index (χ0n) is 14.4. The van der Waals surface area contributed by atoms with Crippen LogP contribution in [0.15, 0.2) is 65.6 Å². The van der Waals surface area contributed by atoms with Crippen molar-refractivity contribution < 1.29 is 9.18 Å². The van der Waals surface area contributed by atoms with Crippen molar-refractivity contribution in [3.8, 4) is 22.4 Å². The second kappa shape index (κ2) is 7.13. The number of nitrogens with one attached hydrogen (secondary N) is 1. The van der Waals surface area contributed by atoms with Crippen LogP contribution in [-0.4, -0.2) is 21.1 Å². The van der Waals surface area contributed by atoms with Crippen molar-refractivity contribution in [1.82, 2.24) is 15.2 Å². The molecule has 4 rings (SSSR count). The van der Waals surface area contributed by atoms with E-state index in [1.54, 1.807) is 29.4 Å². The lowest BCUT2D eigenvalue weighted by atomic mass is 10.0. The Bertz CT molecular complexity index is 1060. The third kappa shape index (κ3) is 3.24. The number of halogens is 1. The Labute approximate surface area is 159 Å². The first-order chi connectivity index (χ1) is 13.1. The standard InChI is InChI=1S/C20H15FN4OS/c1-13(26)25(17-8-11-27-12-17)20-18(14-6-9-22-10-7-14)19(23-24-20)15-2-4-16(21)5-3-15/h2-12H,1H3,(H,23,24). The molecule has 0 aliphatic heterocycles. The van der Waals surface area contributed by atoms with Crippen LogP contribution in [0.5, 0.6) is 0 Å². The molecule has 0 aliphatic carbocycles. The van der Waals surface area contributed by atoms with E-state index in [-0.39, 0.29) is 11.7 Å². The van der Waals surface area contributed by atoms with Gasteiger partial charge in [-0.1, -0.05) is 0 Å². The molecule has 3 heterocycles. The van der Waals surface area contributed by atoms with Crippen LogP contribution in [-0.2, 0) is 4.79 Å². The maximum absolute atomic E-state index is 13.4. The number of aromatic amines is 1. The predicted octanol–water partition coefficient (Wildman–Crippen LogP) is 5.02. The fraction of sp³-hybridized carbons (Fsp3) is 0.0500. The lowest BCUT2D eigenvalue weighted by Gasteiger charge is -2.19. The monoisotopic (exact) mass is 378 g/mol. The molecular formula is C20H15FN4OS. The second-order valence-corrected chi connectivity index (χ2v) is 6.66. The van der Waals surface area contributed by atoms with Crippen molar-refractivity contribution in [3.05, 3.63) is 71.4 Å². The van der Waals surface area contributed by atoms with E-state index in [1.807, 2.05) is 29.0 Å². The number of nitrogens with zero attached hydrogens (tertiary/aromatic N) is 3. The highest BCUT2D eigenvalue weighted by Gasteiger charge is 2.25. The summed E-state index contributed by atoms with van der Waals surface area (Å²) < 4.78 is 13.4. The molecule has 0 fully saturated rings. The highest BCUT2D eigenvalue weighted by Crippen LogP contribution is 2.40. The molecule has 7 heteroatoms. The molecule has 0 bridgehead atoms. The van der Waals surface area contributed by atoms with Gasteiger partial charge in [0.1, 0.15) is 5.82 Å². The van der Waals surface area contributed by atoms with Crippen LogP contribution in [0.25, 0.3) is 22.4 Å². The van der Waals surface area contributed by atoms with Gasteiger partial charge < -0.3 is 0 Å². The van der Waals surface area contributed by atoms with E-state index in [2.05, 4.69) is 15.2 Å². The molecule has 0 atom stereocenters. The average molecular weight is 378 g/mol. The molecule has 0 aliphatic rings. The van der Waals surface area contributed by atoms with E-state index >= 15 is 0 Å². The first kappa shape index (κ1) is 17.1. The zero-order chi connectivity index (χ0) is 18.8. The predicted molar refractivity (Wildman–Crippen MR) is 104 cm³/mol. The van der Waals surface area contributed by atoms with Crippen molar-refractivity contribution >= 4 is 28.7 Å². The van der Waals surface area contributed by atoms with E-state index in [0.717, 1.165) is 22.4 Å². The Kier molecular flexibility index (Phi) is 4.52. The number of anilines is 2. The summed E-state index contributed by atoms with van der Waals surface area (Å²) in [6.07, 6.45) is 3.37. The Balaban J connectivity index is 1.95. The first-order valence-corrected chi connectivity index (χ1v) is 9.17. The third-order valence-electron chi connectivity index (χ3n) is 4.14. The quantitative estimate of drug-likeness (QED) is 0.542. The number of aromatic nitrogens is 3. The molecule has 4 aromatic rings. The van der Waals surface area contributed by atoms with E-state index < -0.39 is 0 Å². The SMILES string of the molecule is CC(=O)N(c1ccsc1)c1n[nH]c(-c2ccc(F)cc2)c1-c1ccncc1. The van der Waals surface area contributed by atoms with Crippen LogP contribution in [0, 0.1) is 5.82 Å². The molecule has 5 nitrogen and oxygen atoms in total. The van der Waals surface area contributed by atoms with Gasteiger partial charge >= 0.3 is 0 Å². The first-order valence-electron chi connectivity index (χ1n) is 8.23. The molecule has 27 heavy (non-hydrogen) atoms. The Morgan fingerprint density at radius 1 is 1.07 bits per heavy atom. The topological polar surface area (TPSA) is 61.9 Å². The number of pyridine rings is 1. The minimum atomic E-state index is -0.312. The van der Waals surface area contributed by atoms with Crippen LogP contribution < -0.4 is 4.90 Å². The number of benzene rings is 1. The van der Waals surface area contributed by atoms with Gasteiger partial charge in [-0.25, -0.2) is 4.39 Å². The summed E-state index contributed by atoms with van der Waals surface area (Å²) in [5, 5.41) is 11.3. The highest BCUT2D eigenvalue weighted by molar-refractivity contribution is 7.08. The Morgan fingerprint density at radius 2 is 1.81 bits per heavy atom. The van der Waals surface area contributed by atoms with E-state index in [4.69, 9.17) is 0 Å². The molecule has 0 spiro atoms. The lowest BCUT2D eigenvalue weighted by molar-refractivity contribution is -0.115. The zero-order valence-corrected chi connectivity index (χ0v) is 15.2. The van der Waals surface area contributed by atoms with Crippen molar-refractivity contribution in [2.75, 3.05) is 4.90 Å². The number of hydrogen-bond donors (Lipinski definition) is 1. The number of rotatable bonds is 4. The van der Waals surface area contributed by atoms with Crippen LogP contribution in [0.1, 0.15) is 6.92 Å². The molecule has 1 N–H and O–H groups in total. The van der Waals surface area contributed by atoms with Crippen molar-refractivity contribution in [3.63, 3.8) is 0 Å². The number of H-pyrrole nitrogens is 1. The minimum Gasteiger partial charge on any atom is -0.275 e. The second-order valence-electron chi connectivity index (χ2n) is 5.88. The molecule has 1 amide bonds. The molecule has 134 valence electrons. The van der Waals surface area contributed by atoms with E-state index in [0.29, 0.717) is 11.5 Å². The van der Waals surface area contributed by atoms with E-state index in [9.17, 15) is 9.18 Å². The van der Waals surface area contributed by atoms with Gasteiger partial charge in [0.15, 0.2) is 5.82 Å². The molecule has 0 saturated carbocycles. The maximum Gasteiger partial charge on any atom is 0.229 e. The van der Waals surface area contributed by atoms with Crippen molar-refractivity contribution in [1.29, 1.82) is 0 Å². The van der Waals surface area contributed by atoms with Gasteiger partial charge in [-0.15, -0.1) is 0 Å². The lowest BCUT2D eigenvalue weighted by Crippen LogP contribution is -2.23. The maximum atomic E-state index is 13.4. The van der Waals surface area contributed by atoms with Gasteiger partial charge in [-0.3, -0.25) is 19.8 Å². The van der Waals surface area contributed by atoms with Gasteiger partial charge in [-0.2, -0.15) is 16.4 Å². The van der Waals surface area contributed by atoms with Gasteiger partial charge in [0.2, 0.25) is 5.91 Å². The largest absolute Gasteiger partial charge is 0.275 e. The van der Waals surface area contributed by atoms with E-state index in [1.165, 1.54) is 30.4 Å². The number of carbonyl (C=O) groups excluding carboxylic acids is 1. The molecule has 3 aromatic heterocycles. The van der Waals surface area contributed by atoms with Gasteiger partial charge in [0.25, 0.3) is 0 Å². The van der Waals surface area contributed by atoms with Crippen molar-refractivity contribution in [2.24, 2.45) is 0 Å². The summed E-state index contributed by atoms with van der Waals surface area (Å²) in [5.41, 5.74) is 3.84. The average Bonchev–Trinajstić information content (AvgIpc) is 3.34. The molecule has 1 aromatic carbocycles. The van der Waals surface area contributed by atoms with Crippen LogP contribution in [0.2, 0.25) is 0 Å². The number of carbonyl (C=O) groups is 1. The number of amides is 1. The molecular weight excluding hydrogens is 363 g/mol. The summed E-state index contributed by atoms with van der Waals surface area (Å²) in [4.78, 5) is 18.1. The Hall–Kier alpha value is -3.32. The fourth-order valence-corrected chi connectivity index (χ4v) is 3.57. The summed E-state index contributed by atoms with van der Waals surface area (Å²) in [6.45, 7) is 1.50. The smallest absolute Gasteiger partial charge is 0.229 e. The molecule has 0 saturated heterocycles. The summed E-state index contributed by atoms with van der Waals surface area (Å²) in [6, 6.07) is 11.7. The fourth-order valence-electron chi connectivity index (χ4n) is 2.95. The van der Waals surface area contributed by atoms with Crippen LogP contribution in [0.4, 0.5) is 15.9 Å². The van der Waals surface area contributed by atoms with Gasteiger partial charge in [0, 0.05) is 30.3 Å². The number of hydrogen-bond acceptors (Lipinski definition) is 4. The highest BCUT2D eigenvalue weighted by atomic mass is 32.1. The number of thiophene rings is 1. The third-order valence-corrected chi connectivity index (χ3v) is 4.81. The summed E-state index contributed by atoms with van der Waals surface area (Å²) in [7, 11) is 0. The normalized spacial score (nSPS) is 10.7. The Morgan fingerprint density at radius 3 is 2.44 bits per heavy atom. The van der Waals surface area contributed by atoms with Gasteiger partial charge in [0.05, 0.1) is 16.9 Å². The van der Waals surface area contributed by atoms with Crippen LogP contribution in [0.3, 0.4) is 0 Å². The summed E-state index contributed by atoms with van der Waals surface area (Å²) in [5.74, 6) is 0.0277.